The molecule has 0 saturated heterocycles. The monoisotopic (exact) mass is 235 g/mol. The van der Waals surface area contributed by atoms with E-state index < -0.39 is 11.1 Å². The van der Waals surface area contributed by atoms with Crippen molar-refractivity contribution in [3.63, 3.8) is 0 Å². The maximum atomic E-state index is 10.4. The number of benzene rings is 1. The van der Waals surface area contributed by atoms with Crippen molar-refractivity contribution in [3.05, 3.63) is 22.7 Å². The molecule has 0 spiro atoms. The van der Waals surface area contributed by atoms with Gasteiger partial charge in [0.1, 0.15) is 5.75 Å². The highest BCUT2D eigenvalue weighted by atomic mass is 79.9. The minimum Gasteiger partial charge on any atom is -0.768 e. The largest absolute Gasteiger partial charge is 0.768 e. The average Bonchev–Trinajstić information content (AvgIpc) is 1.94. The molecule has 0 aliphatic rings. The lowest BCUT2D eigenvalue weighted by atomic mass is 10.3. The Bertz CT molecular complexity index is 300. The topological polar surface area (TPSA) is 60.4 Å². The molecule has 60 valence electrons. The maximum absolute atomic E-state index is 10.4. The summed E-state index contributed by atoms with van der Waals surface area (Å²) in [6.07, 6.45) is 0. The second-order valence-electron chi connectivity index (χ2n) is 1.85. The molecule has 0 amide bonds. The van der Waals surface area contributed by atoms with E-state index in [0.717, 1.165) is 0 Å². The normalized spacial score (nSPS) is 12.9. The Morgan fingerprint density at radius 2 is 2.18 bits per heavy atom. The summed E-state index contributed by atoms with van der Waals surface area (Å²) < 4.78 is 21.4. The van der Waals surface area contributed by atoms with Crippen LogP contribution in [0.25, 0.3) is 0 Å². The molecule has 0 aliphatic heterocycles. The molecule has 0 aromatic heterocycles. The van der Waals surface area contributed by atoms with E-state index in [2.05, 4.69) is 15.9 Å². The molecule has 0 fully saturated rings. The third kappa shape index (κ3) is 2.02. The highest BCUT2D eigenvalue weighted by molar-refractivity contribution is 9.10. The lowest BCUT2D eigenvalue weighted by Gasteiger charge is -2.06. The first kappa shape index (κ1) is 8.70. The Labute approximate surface area is 74.5 Å². The van der Waals surface area contributed by atoms with Crippen LogP contribution in [0.5, 0.6) is 5.75 Å². The number of phenols is 1. The zero-order valence-electron chi connectivity index (χ0n) is 5.28. The van der Waals surface area contributed by atoms with Crippen molar-refractivity contribution in [2.45, 2.75) is 4.90 Å². The number of aromatic hydroxyl groups is 1. The number of phenolic OH excluding ortho intramolecular Hbond substituents is 1. The van der Waals surface area contributed by atoms with E-state index >= 15 is 0 Å². The molecule has 0 saturated carbocycles. The predicted octanol–water partition coefficient (Wildman–Crippen LogP) is 1.39. The minimum atomic E-state index is -2.38. The van der Waals surface area contributed by atoms with Crippen molar-refractivity contribution in [1.29, 1.82) is 0 Å². The second kappa shape index (κ2) is 3.34. The Morgan fingerprint density at radius 3 is 2.64 bits per heavy atom. The summed E-state index contributed by atoms with van der Waals surface area (Å²) in [6, 6.07) is 4.21. The van der Waals surface area contributed by atoms with Crippen molar-refractivity contribution < 1.29 is 13.9 Å². The van der Waals surface area contributed by atoms with E-state index in [1.54, 1.807) is 6.07 Å². The van der Waals surface area contributed by atoms with Crippen LogP contribution in [0.15, 0.2) is 27.6 Å². The van der Waals surface area contributed by atoms with Gasteiger partial charge in [0, 0.05) is 4.47 Å². The van der Waals surface area contributed by atoms with Crippen molar-refractivity contribution in [1.82, 2.24) is 0 Å². The van der Waals surface area contributed by atoms with Gasteiger partial charge in [-0.3, -0.25) is 4.21 Å². The van der Waals surface area contributed by atoms with Crippen LogP contribution in [0, 0.1) is 0 Å². The number of rotatable bonds is 1. The van der Waals surface area contributed by atoms with Crippen LogP contribution in [0.1, 0.15) is 0 Å². The molecule has 3 nitrogen and oxygen atoms in total. The van der Waals surface area contributed by atoms with Gasteiger partial charge in [0.2, 0.25) is 0 Å². The van der Waals surface area contributed by atoms with Crippen molar-refractivity contribution in [2.75, 3.05) is 0 Å². The number of halogens is 1. The van der Waals surface area contributed by atoms with Crippen LogP contribution in [-0.4, -0.2) is 13.9 Å². The van der Waals surface area contributed by atoms with Gasteiger partial charge in [-0.2, -0.15) is 0 Å². The van der Waals surface area contributed by atoms with E-state index in [9.17, 15) is 8.76 Å². The molecule has 1 rings (SSSR count). The molecule has 0 heterocycles. The van der Waals surface area contributed by atoms with Gasteiger partial charge < -0.3 is 9.66 Å². The summed E-state index contributed by atoms with van der Waals surface area (Å²) in [5, 5.41) is 8.99. The summed E-state index contributed by atoms with van der Waals surface area (Å²) in [5.41, 5.74) is 0. The van der Waals surface area contributed by atoms with E-state index in [4.69, 9.17) is 5.11 Å². The summed E-state index contributed by atoms with van der Waals surface area (Å²) in [5.74, 6) is -0.235. The zero-order chi connectivity index (χ0) is 8.43. The quantitative estimate of drug-likeness (QED) is 0.749. The first-order valence-corrected chi connectivity index (χ1v) is 4.56. The van der Waals surface area contributed by atoms with Gasteiger partial charge in [-0.05, 0) is 29.3 Å². The van der Waals surface area contributed by atoms with E-state index in [0.29, 0.717) is 4.47 Å². The van der Waals surface area contributed by atoms with Crippen molar-refractivity contribution in [3.8, 4) is 5.75 Å². The highest BCUT2D eigenvalue weighted by Crippen LogP contribution is 2.23. The van der Waals surface area contributed by atoms with Crippen LogP contribution in [0.2, 0.25) is 0 Å². The minimum absolute atomic E-state index is 0.0978. The van der Waals surface area contributed by atoms with Gasteiger partial charge in [0.25, 0.3) is 0 Å². The number of hydrogen-bond acceptors (Lipinski definition) is 3. The third-order valence-corrected chi connectivity index (χ3v) is 2.28. The third-order valence-electron chi connectivity index (χ3n) is 1.10. The molecule has 1 unspecified atom stereocenters. The molecule has 1 N–H and O–H groups in total. The van der Waals surface area contributed by atoms with Crippen LogP contribution in [-0.2, 0) is 11.1 Å². The van der Waals surface area contributed by atoms with Gasteiger partial charge in [-0.15, -0.1) is 0 Å². The summed E-state index contributed by atoms with van der Waals surface area (Å²) >= 11 is 0.699. The van der Waals surface area contributed by atoms with Gasteiger partial charge in [-0.25, -0.2) is 0 Å². The molecule has 0 aliphatic carbocycles. The molecule has 0 radical (unpaired) electrons. The SMILES string of the molecule is O=S([O-])c1cc(Br)ccc1O. The van der Waals surface area contributed by atoms with E-state index in [1.807, 2.05) is 0 Å². The Kier molecular flexibility index (Phi) is 2.64. The Hall–Kier alpha value is -0.390. The zero-order valence-corrected chi connectivity index (χ0v) is 7.68. The molecule has 1 atom stereocenters. The van der Waals surface area contributed by atoms with E-state index in [1.165, 1.54) is 12.1 Å². The van der Waals surface area contributed by atoms with Crippen molar-refractivity contribution >= 4 is 27.0 Å². The molecular formula is C6H4BrO3S-. The molecule has 1 aromatic rings. The second-order valence-corrected chi connectivity index (χ2v) is 3.67. The lowest BCUT2D eigenvalue weighted by Crippen LogP contribution is -1.88. The van der Waals surface area contributed by atoms with Gasteiger partial charge in [0.05, 0.1) is 4.90 Å². The fraction of sp³-hybridized carbons (Fsp3) is 0. The standard InChI is InChI=1S/C6H5BrO3S/c7-4-1-2-5(8)6(3-4)11(9)10/h1-3,8H,(H,9,10)/p-1. The van der Waals surface area contributed by atoms with Gasteiger partial charge in [0.15, 0.2) is 0 Å². The average molecular weight is 236 g/mol. The highest BCUT2D eigenvalue weighted by Gasteiger charge is 2.00. The summed E-state index contributed by atoms with van der Waals surface area (Å²) in [6.45, 7) is 0. The molecule has 5 heteroatoms. The lowest BCUT2D eigenvalue weighted by molar-refractivity contribution is 0.455. The van der Waals surface area contributed by atoms with Crippen LogP contribution >= 0.6 is 15.9 Å². The van der Waals surface area contributed by atoms with Crippen LogP contribution in [0.4, 0.5) is 0 Å². The molecule has 11 heavy (non-hydrogen) atoms. The Morgan fingerprint density at radius 1 is 1.55 bits per heavy atom. The predicted molar refractivity (Wildman–Crippen MR) is 43.0 cm³/mol. The first-order valence-electron chi connectivity index (χ1n) is 2.69. The Balaban J connectivity index is 3.23. The molecule has 0 bridgehead atoms. The van der Waals surface area contributed by atoms with Gasteiger partial charge in [-0.1, -0.05) is 15.9 Å². The van der Waals surface area contributed by atoms with Gasteiger partial charge >= 0.3 is 0 Å². The molecule has 1 aromatic carbocycles. The van der Waals surface area contributed by atoms with Crippen LogP contribution in [0.3, 0.4) is 0 Å². The smallest absolute Gasteiger partial charge is 0.130 e. The molecular weight excluding hydrogens is 232 g/mol. The first-order chi connectivity index (χ1) is 5.11. The van der Waals surface area contributed by atoms with E-state index in [-0.39, 0.29) is 10.6 Å². The maximum Gasteiger partial charge on any atom is 0.130 e. The summed E-state index contributed by atoms with van der Waals surface area (Å²) in [7, 11) is 0. The number of hydrogen-bond donors (Lipinski definition) is 1. The van der Waals surface area contributed by atoms with Crippen LogP contribution < -0.4 is 0 Å². The summed E-state index contributed by atoms with van der Waals surface area (Å²) in [4.78, 5) is -0.0978. The van der Waals surface area contributed by atoms with Crippen molar-refractivity contribution in [2.24, 2.45) is 0 Å². The fourth-order valence-corrected chi connectivity index (χ4v) is 1.60. The fourth-order valence-electron chi connectivity index (χ4n) is 0.621.